The summed E-state index contributed by atoms with van der Waals surface area (Å²) < 4.78 is 0. The molecule has 3 N–H and O–H groups in total. The van der Waals surface area contributed by atoms with Crippen LogP contribution in [0.3, 0.4) is 0 Å². The second kappa shape index (κ2) is 4.29. The highest BCUT2D eigenvalue weighted by Gasteiger charge is 2.42. The van der Waals surface area contributed by atoms with Gasteiger partial charge in [-0.15, -0.1) is 11.3 Å². The molecule has 1 aromatic heterocycles. The third kappa shape index (κ3) is 2.77. The molecule has 2 aliphatic rings. The van der Waals surface area contributed by atoms with Crippen LogP contribution >= 0.6 is 11.3 Å². The van der Waals surface area contributed by atoms with Crippen LogP contribution in [-0.2, 0) is 11.2 Å². The van der Waals surface area contributed by atoms with Crippen LogP contribution in [0, 0.1) is 11.8 Å². The van der Waals surface area contributed by atoms with Crippen LogP contribution in [0.5, 0.6) is 0 Å². The standard InChI is InChI=1S/C12H17N3OS/c13-12-14-9(6-17-12)5-10(16)15-11(7-1-2-7)8-3-4-8/h6-8,11H,1-5H2,(H2,13,14)(H,15,16). The summed E-state index contributed by atoms with van der Waals surface area (Å²) in [4.78, 5) is 16.0. The largest absolute Gasteiger partial charge is 0.375 e. The molecular weight excluding hydrogens is 234 g/mol. The molecule has 0 saturated heterocycles. The number of thiazole rings is 1. The molecule has 2 aliphatic carbocycles. The maximum Gasteiger partial charge on any atom is 0.226 e. The molecule has 1 aromatic rings. The van der Waals surface area contributed by atoms with Gasteiger partial charge in [0.25, 0.3) is 0 Å². The molecule has 0 unspecified atom stereocenters. The third-order valence-electron chi connectivity index (χ3n) is 3.50. The Morgan fingerprint density at radius 2 is 2.12 bits per heavy atom. The molecule has 3 rings (SSSR count). The minimum absolute atomic E-state index is 0.0964. The summed E-state index contributed by atoms with van der Waals surface area (Å²) in [5.41, 5.74) is 6.34. The molecule has 0 atom stereocenters. The number of anilines is 1. The van der Waals surface area contributed by atoms with Crippen LogP contribution in [0.1, 0.15) is 31.4 Å². The lowest BCUT2D eigenvalue weighted by Crippen LogP contribution is -2.39. The summed E-state index contributed by atoms with van der Waals surface area (Å²) in [5, 5.41) is 5.58. The van der Waals surface area contributed by atoms with E-state index in [-0.39, 0.29) is 5.91 Å². The van der Waals surface area contributed by atoms with Crippen molar-refractivity contribution in [2.75, 3.05) is 5.73 Å². The molecule has 1 heterocycles. The van der Waals surface area contributed by atoms with E-state index >= 15 is 0 Å². The number of aromatic nitrogens is 1. The maximum atomic E-state index is 11.9. The van der Waals surface area contributed by atoms with Crippen LogP contribution in [0.25, 0.3) is 0 Å². The van der Waals surface area contributed by atoms with Gasteiger partial charge in [-0.25, -0.2) is 4.98 Å². The number of carbonyl (C=O) groups excluding carboxylic acids is 1. The first-order chi connectivity index (χ1) is 8.22. The predicted molar refractivity (Wildman–Crippen MR) is 67.6 cm³/mol. The number of hydrogen-bond acceptors (Lipinski definition) is 4. The Hall–Kier alpha value is -1.10. The van der Waals surface area contributed by atoms with Gasteiger partial charge < -0.3 is 11.1 Å². The number of nitrogens with two attached hydrogens (primary N) is 1. The Balaban J connectivity index is 1.55. The van der Waals surface area contributed by atoms with Crippen molar-refractivity contribution >= 4 is 22.4 Å². The van der Waals surface area contributed by atoms with Gasteiger partial charge in [0.2, 0.25) is 5.91 Å². The summed E-state index contributed by atoms with van der Waals surface area (Å²) in [7, 11) is 0. The van der Waals surface area contributed by atoms with Crippen LogP contribution < -0.4 is 11.1 Å². The fourth-order valence-electron chi connectivity index (χ4n) is 2.34. The zero-order valence-electron chi connectivity index (χ0n) is 9.69. The maximum absolute atomic E-state index is 11.9. The van der Waals surface area contributed by atoms with Gasteiger partial charge in [0.05, 0.1) is 12.1 Å². The fourth-order valence-corrected chi connectivity index (χ4v) is 2.90. The molecule has 0 spiro atoms. The zero-order valence-corrected chi connectivity index (χ0v) is 10.5. The van der Waals surface area contributed by atoms with Crippen molar-refractivity contribution in [3.63, 3.8) is 0 Å². The fraction of sp³-hybridized carbons (Fsp3) is 0.667. The second-order valence-electron chi connectivity index (χ2n) is 5.12. The number of amides is 1. The van der Waals surface area contributed by atoms with Crippen LogP contribution in [0.4, 0.5) is 5.13 Å². The minimum Gasteiger partial charge on any atom is -0.375 e. The van der Waals surface area contributed by atoms with E-state index in [1.165, 1.54) is 37.0 Å². The van der Waals surface area contributed by atoms with Gasteiger partial charge in [0.1, 0.15) is 0 Å². The number of nitrogen functional groups attached to an aromatic ring is 1. The number of carbonyl (C=O) groups is 1. The summed E-state index contributed by atoms with van der Waals surface area (Å²) in [6.45, 7) is 0. The van der Waals surface area contributed by atoms with Crippen molar-refractivity contribution in [3.8, 4) is 0 Å². The van der Waals surface area contributed by atoms with Crippen LogP contribution in [0.2, 0.25) is 0 Å². The van der Waals surface area contributed by atoms with Crippen molar-refractivity contribution in [2.45, 2.75) is 38.1 Å². The lowest BCUT2D eigenvalue weighted by molar-refractivity contribution is -0.121. The van der Waals surface area contributed by atoms with Crippen molar-refractivity contribution in [3.05, 3.63) is 11.1 Å². The first kappa shape index (κ1) is 11.0. The average molecular weight is 251 g/mol. The molecule has 17 heavy (non-hydrogen) atoms. The summed E-state index contributed by atoms with van der Waals surface area (Å²) in [5.74, 6) is 1.58. The van der Waals surface area contributed by atoms with E-state index in [1.807, 2.05) is 5.38 Å². The molecule has 1 amide bonds. The van der Waals surface area contributed by atoms with Gasteiger partial charge in [-0.1, -0.05) is 0 Å². The van der Waals surface area contributed by atoms with E-state index in [1.54, 1.807) is 0 Å². The summed E-state index contributed by atoms with van der Waals surface area (Å²) in [6, 6.07) is 0.429. The number of nitrogens with zero attached hydrogens (tertiary/aromatic N) is 1. The molecule has 2 fully saturated rings. The number of rotatable bonds is 5. The third-order valence-corrected chi connectivity index (χ3v) is 4.22. The molecule has 92 valence electrons. The topological polar surface area (TPSA) is 68.0 Å². The highest BCUT2D eigenvalue weighted by Crippen LogP contribution is 2.44. The molecule has 4 nitrogen and oxygen atoms in total. The quantitative estimate of drug-likeness (QED) is 0.834. The van der Waals surface area contributed by atoms with Crippen LogP contribution in [0.15, 0.2) is 5.38 Å². The molecular formula is C12H17N3OS. The highest BCUT2D eigenvalue weighted by molar-refractivity contribution is 7.13. The Kier molecular flexibility index (Phi) is 2.78. The monoisotopic (exact) mass is 251 g/mol. The van der Waals surface area contributed by atoms with Crippen LogP contribution in [-0.4, -0.2) is 16.9 Å². The molecule has 0 aromatic carbocycles. The van der Waals surface area contributed by atoms with E-state index in [0.717, 1.165) is 17.5 Å². The SMILES string of the molecule is Nc1nc(CC(=O)NC(C2CC2)C2CC2)cs1. The minimum atomic E-state index is 0.0964. The molecule has 5 heteroatoms. The Morgan fingerprint density at radius 1 is 1.47 bits per heavy atom. The highest BCUT2D eigenvalue weighted by atomic mass is 32.1. The Bertz CT molecular complexity index is 411. The van der Waals surface area contributed by atoms with Gasteiger partial charge in [-0.3, -0.25) is 4.79 Å². The Morgan fingerprint density at radius 3 is 2.59 bits per heavy atom. The van der Waals surface area contributed by atoms with Gasteiger partial charge >= 0.3 is 0 Å². The number of hydrogen-bond donors (Lipinski definition) is 2. The van der Waals surface area contributed by atoms with E-state index in [0.29, 0.717) is 17.6 Å². The number of nitrogens with one attached hydrogen (secondary N) is 1. The lowest BCUT2D eigenvalue weighted by Gasteiger charge is -2.17. The normalized spacial score (nSPS) is 19.6. The van der Waals surface area contributed by atoms with Gasteiger partial charge in [0.15, 0.2) is 5.13 Å². The van der Waals surface area contributed by atoms with E-state index in [4.69, 9.17) is 5.73 Å². The molecule has 2 saturated carbocycles. The predicted octanol–water partition coefficient (Wildman–Crippen LogP) is 1.57. The smallest absolute Gasteiger partial charge is 0.226 e. The first-order valence-corrected chi connectivity index (χ1v) is 7.09. The average Bonchev–Trinajstić information content (AvgIpc) is 3.17. The van der Waals surface area contributed by atoms with Gasteiger partial charge in [-0.05, 0) is 37.5 Å². The van der Waals surface area contributed by atoms with Crippen molar-refractivity contribution < 1.29 is 4.79 Å². The Labute approximate surface area is 105 Å². The molecule has 0 bridgehead atoms. The first-order valence-electron chi connectivity index (χ1n) is 6.21. The van der Waals surface area contributed by atoms with E-state index in [9.17, 15) is 4.79 Å². The van der Waals surface area contributed by atoms with E-state index in [2.05, 4.69) is 10.3 Å². The van der Waals surface area contributed by atoms with Gasteiger partial charge in [-0.2, -0.15) is 0 Å². The van der Waals surface area contributed by atoms with Crippen molar-refractivity contribution in [1.82, 2.24) is 10.3 Å². The second-order valence-corrected chi connectivity index (χ2v) is 6.01. The lowest BCUT2D eigenvalue weighted by atomic mass is 10.1. The summed E-state index contributed by atoms with van der Waals surface area (Å²) in [6.07, 6.45) is 5.50. The summed E-state index contributed by atoms with van der Waals surface area (Å²) >= 11 is 1.39. The zero-order chi connectivity index (χ0) is 11.8. The van der Waals surface area contributed by atoms with Crippen molar-refractivity contribution in [2.24, 2.45) is 11.8 Å². The molecule has 0 aliphatic heterocycles. The van der Waals surface area contributed by atoms with E-state index < -0.39 is 0 Å². The van der Waals surface area contributed by atoms with Gasteiger partial charge in [0, 0.05) is 11.4 Å². The molecule has 0 radical (unpaired) electrons. The van der Waals surface area contributed by atoms with Crippen molar-refractivity contribution in [1.29, 1.82) is 0 Å².